The molecule has 4 N–H and O–H groups in total. The lowest BCUT2D eigenvalue weighted by Crippen LogP contribution is -2.40. The first-order valence-electron chi connectivity index (χ1n) is 7.28. The van der Waals surface area contributed by atoms with Crippen molar-refractivity contribution >= 4 is 12.3 Å². The van der Waals surface area contributed by atoms with Crippen LogP contribution in [0.4, 0.5) is 0 Å². The van der Waals surface area contributed by atoms with Gasteiger partial charge in [0.05, 0.1) is 12.5 Å². The third-order valence-corrected chi connectivity index (χ3v) is 4.15. The summed E-state index contributed by atoms with van der Waals surface area (Å²) in [6.45, 7) is 4.93. The molecular weight excluding hydrogens is 256 g/mol. The van der Waals surface area contributed by atoms with Crippen LogP contribution in [0, 0.1) is 17.8 Å². The quantitative estimate of drug-likeness (QED) is 0.459. The third kappa shape index (κ3) is 5.43. The molecule has 5 nitrogen and oxygen atoms in total. The highest BCUT2D eigenvalue weighted by atomic mass is 16.4. The monoisotopic (exact) mass is 282 g/mol. The first-order valence-corrected chi connectivity index (χ1v) is 7.28. The van der Waals surface area contributed by atoms with Crippen LogP contribution in [0.15, 0.2) is 12.2 Å². The van der Waals surface area contributed by atoms with E-state index in [1.54, 1.807) is 0 Å². The van der Waals surface area contributed by atoms with E-state index >= 15 is 0 Å². The fourth-order valence-electron chi connectivity index (χ4n) is 2.83. The summed E-state index contributed by atoms with van der Waals surface area (Å²) >= 11 is 0. The van der Waals surface area contributed by atoms with Gasteiger partial charge in [0.15, 0.2) is 0 Å². The molecule has 1 rings (SSSR count). The average molecular weight is 282 g/mol. The maximum atomic E-state index is 10.7. The number of nitrogens with two attached hydrogens (primary N) is 1. The van der Waals surface area contributed by atoms with Gasteiger partial charge in [0.2, 0.25) is 0 Å². The maximum absolute atomic E-state index is 10.7. The van der Waals surface area contributed by atoms with Gasteiger partial charge < -0.3 is 21.0 Å². The van der Waals surface area contributed by atoms with Crippen LogP contribution in [0.25, 0.3) is 0 Å². The van der Waals surface area contributed by atoms with Crippen molar-refractivity contribution in [2.24, 2.45) is 23.5 Å². The van der Waals surface area contributed by atoms with Crippen LogP contribution in [-0.2, 0) is 9.59 Å². The molecule has 20 heavy (non-hydrogen) atoms. The Hall–Kier alpha value is -1.20. The van der Waals surface area contributed by atoms with Gasteiger partial charge in [-0.05, 0) is 30.6 Å². The highest BCUT2D eigenvalue weighted by Crippen LogP contribution is 2.37. The summed E-state index contributed by atoms with van der Waals surface area (Å²) in [5.41, 5.74) is 5.96. The number of carbonyl (C=O) groups excluding carboxylic acids is 1. The number of rotatable bonds is 8. The van der Waals surface area contributed by atoms with Gasteiger partial charge in [0.25, 0.3) is 0 Å². The molecule has 0 amide bonds. The summed E-state index contributed by atoms with van der Waals surface area (Å²) in [5, 5.41) is 11.5. The lowest BCUT2D eigenvalue weighted by atomic mass is 9.91. The van der Waals surface area contributed by atoms with Crippen LogP contribution < -0.4 is 11.1 Å². The number of carboxylic acids is 1. The highest BCUT2D eigenvalue weighted by Gasteiger charge is 2.27. The summed E-state index contributed by atoms with van der Waals surface area (Å²) in [4.78, 5) is 21.3. The van der Waals surface area contributed by atoms with E-state index in [1.807, 2.05) is 6.08 Å². The maximum Gasteiger partial charge on any atom is 0.305 e. The van der Waals surface area contributed by atoms with E-state index in [2.05, 4.69) is 25.2 Å². The van der Waals surface area contributed by atoms with Crippen LogP contribution in [0.1, 0.15) is 33.1 Å². The standard InChI is InChI=1S/C15H26N2O3/c1-10-3-4-11(2)14(10)6-5-12(16)8-17-13(9-18)7-15(19)20/h5-6,9-14,17H,3-4,7-8,16H2,1-2H3,(H,19,20)/t10?,11?,12?,13-,14?/m0/s1. The van der Waals surface area contributed by atoms with Crippen LogP contribution in [0.2, 0.25) is 0 Å². The Morgan fingerprint density at radius 1 is 1.40 bits per heavy atom. The van der Waals surface area contributed by atoms with Crippen molar-refractivity contribution in [1.29, 1.82) is 0 Å². The minimum absolute atomic E-state index is 0.203. The second kappa shape index (κ2) is 8.17. The molecule has 0 aromatic carbocycles. The van der Waals surface area contributed by atoms with Crippen molar-refractivity contribution in [2.45, 2.75) is 45.2 Å². The van der Waals surface area contributed by atoms with Gasteiger partial charge in [-0.1, -0.05) is 26.0 Å². The normalized spacial score (nSPS) is 29.4. The van der Waals surface area contributed by atoms with Crippen molar-refractivity contribution in [3.05, 3.63) is 12.2 Å². The molecule has 1 aliphatic rings. The molecule has 1 aliphatic carbocycles. The summed E-state index contributed by atoms with van der Waals surface area (Å²) < 4.78 is 0. The largest absolute Gasteiger partial charge is 0.481 e. The lowest BCUT2D eigenvalue weighted by Gasteiger charge is -2.17. The number of carbonyl (C=O) groups is 2. The Bertz CT molecular complexity index is 347. The van der Waals surface area contributed by atoms with E-state index in [-0.39, 0.29) is 12.5 Å². The number of aliphatic carboxylic acids is 1. The van der Waals surface area contributed by atoms with Crippen LogP contribution >= 0.6 is 0 Å². The fraction of sp³-hybridized carbons (Fsp3) is 0.733. The molecule has 0 aromatic rings. The predicted molar refractivity (Wildman–Crippen MR) is 78.3 cm³/mol. The first-order chi connectivity index (χ1) is 9.43. The zero-order chi connectivity index (χ0) is 15.1. The summed E-state index contributed by atoms with van der Waals surface area (Å²) in [6, 6.07) is -0.873. The van der Waals surface area contributed by atoms with E-state index in [9.17, 15) is 9.59 Å². The molecule has 0 radical (unpaired) electrons. The van der Waals surface area contributed by atoms with Gasteiger partial charge in [0, 0.05) is 12.6 Å². The summed E-state index contributed by atoms with van der Waals surface area (Å²) in [6.07, 6.45) is 7.08. The van der Waals surface area contributed by atoms with E-state index in [0.717, 1.165) is 0 Å². The second-order valence-corrected chi connectivity index (χ2v) is 5.91. The lowest BCUT2D eigenvalue weighted by molar-refractivity contribution is -0.138. The van der Waals surface area contributed by atoms with Gasteiger partial charge in [-0.2, -0.15) is 0 Å². The van der Waals surface area contributed by atoms with E-state index in [4.69, 9.17) is 10.8 Å². The van der Waals surface area contributed by atoms with Crippen LogP contribution in [0.3, 0.4) is 0 Å². The fourth-order valence-corrected chi connectivity index (χ4v) is 2.83. The average Bonchev–Trinajstić information content (AvgIpc) is 2.71. The number of nitrogens with one attached hydrogen (secondary N) is 1. The minimum Gasteiger partial charge on any atom is -0.481 e. The minimum atomic E-state index is -0.993. The summed E-state index contributed by atoms with van der Waals surface area (Å²) in [7, 11) is 0. The van der Waals surface area contributed by atoms with Crippen molar-refractivity contribution in [3.63, 3.8) is 0 Å². The third-order valence-electron chi connectivity index (χ3n) is 4.15. The van der Waals surface area contributed by atoms with Gasteiger partial charge in [-0.3, -0.25) is 4.79 Å². The number of carboxylic acid groups (broad SMARTS) is 1. The van der Waals surface area contributed by atoms with E-state index in [0.29, 0.717) is 30.6 Å². The van der Waals surface area contributed by atoms with Gasteiger partial charge in [-0.15, -0.1) is 0 Å². The van der Waals surface area contributed by atoms with Crippen molar-refractivity contribution in [3.8, 4) is 0 Å². The van der Waals surface area contributed by atoms with Crippen molar-refractivity contribution < 1.29 is 14.7 Å². The van der Waals surface area contributed by atoms with E-state index < -0.39 is 12.0 Å². The Kier molecular flexibility index (Phi) is 6.88. The zero-order valence-electron chi connectivity index (χ0n) is 12.3. The molecule has 0 spiro atoms. The molecule has 4 atom stereocenters. The first kappa shape index (κ1) is 16.9. The molecule has 1 saturated carbocycles. The molecule has 0 heterocycles. The SMILES string of the molecule is CC1CCC(C)C1C=CC(N)CN[C@H](C=O)CC(=O)O. The molecule has 5 heteroatoms. The van der Waals surface area contributed by atoms with Crippen LogP contribution in [-0.4, -0.2) is 36.0 Å². The Morgan fingerprint density at radius 3 is 2.50 bits per heavy atom. The Labute approximate surface area is 120 Å². The molecule has 0 aromatic heterocycles. The molecule has 0 bridgehead atoms. The molecule has 3 unspecified atom stereocenters. The molecule has 0 aliphatic heterocycles. The second-order valence-electron chi connectivity index (χ2n) is 5.91. The predicted octanol–water partition coefficient (Wildman–Crippen LogP) is 1.18. The smallest absolute Gasteiger partial charge is 0.305 e. The van der Waals surface area contributed by atoms with E-state index in [1.165, 1.54) is 12.8 Å². The number of hydrogen-bond donors (Lipinski definition) is 3. The van der Waals surface area contributed by atoms with Crippen molar-refractivity contribution in [2.75, 3.05) is 6.54 Å². The molecule has 1 fully saturated rings. The molecular formula is C15H26N2O3. The topological polar surface area (TPSA) is 92.4 Å². The Balaban J connectivity index is 2.37. The van der Waals surface area contributed by atoms with Gasteiger partial charge >= 0.3 is 5.97 Å². The van der Waals surface area contributed by atoms with Gasteiger partial charge in [-0.25, -0.2) is 0 Å². The van der Waals surface area contributed by atoms with Crippen LogP contribution in [0.5, 0.6) is 0 Å². The van der Waals surface area contributed by atoms with Crippen molar-refractivity contribution in [1.82, 2.24) is 5.32 Å². The number of aldehydes is 1. The molecule has 114 valence electrons. The Morgan fingerprint density at radius 2 is 2.00 bits per heavy atom. The van der Waals surface area contributed by atoms with Gasteiger partial charge in [0.1, 0.15) is 6.29 Å². The summed E-state index contributed by atoms with van der Waals surface area (Å²) in [5.74, 6) is 0.960. The molecule has 0 saturated heterocycles. The number of allylic oxidation sites excluding steroid dienone is 1. The zero-order valence-corrected chi connectivity index (χ0v) is 12.3. The number of hydrogen-bond acceptors (Lipinski definition) is 4. The highest BCUT2D eigenvalue weighted by molar-refractivity contribution is 5.73.